The molecule has 452 valence electrons. The summed E-state index contributed by atoms with van der Waals surface area (Å²) in [6.07, 6.45) is 81.8. The quantitative estimate of drug-likeness (QED) is 0.0261. The largest absolute Gasteiger partial charge is 0.462 e. The minimum Gasteiger partial charge on any atom is -0.462 e. The van der Waals surface area contributed by atoms with E-state index in [2.05, 4.69) is 57.2 Å². The molecule has 0 aliphatic carbocycles. The predicted molar refractivity (Wildman–Crippen MR) is 335 cm³/mol. The van der Waals surface area contributed by atoms with E-state index in [1.54, 1.807) is 0 Å². The van der Waals surface area contributed by atoms with E-state index >= 15 is 0 Å². The number of carbonyl (C=O) groups excluding carboxylic acids is 3. The highest BCUT2D eigenvalue weighted by Gasteiger charge is 2.19. The van der Waals surface area contributed by atoms with Crippen LogP contribution in [0.1, 0.15) is 380 Å². The van der Waals surface area contributed by atoms with E-state index in [1.807, 2.05) is 0 Å². The fraction of sp³-hybridized carbons (Fsp3) is 0.873. The van der Waals surface area contributed by atoms with Crippen LogP contribution in [0.2, 0.25) is 0 Å². The van der Waals surface area contributed by atoms with E-state index < -0.39 is 6.10 Å². The number of esters is 3. The number of allylic oxidation sites excluding steroid dienone is 6. The van der Waals surface area contributed by atoms with Crippen LogP contribution >= 0.6 is 0 Å². The molecule has 0 fully saturated rings. The van der Waals surface area contributed by atoms with Gasteiger partial charge in [0.1, 0.15) is 13.2 Å². The third kappa shape index (κ3) is 64.3. The Morgan fingerprint density at radius 1 is 0.260 bits per heavy atom. The molecule has 1 atom stereocenters. The monoisotopic (exact) mass is 1080 g/mol. The number of rotatable bonds is 64. The van der Waals surface area contributed by atoms with E-state index in [-0.39, 0.29) is 31.1 Å². The van der Waals surface area contributed by atoms with E-state index in [9.17, 15) is 14.4 Å². The minimum absolute atomic E-state index is 0.0674. The van der Waals surface area contributed by atoms with Gasteiger partial charge in [-0.2, -0.15) is 0 Å². The van der Waals surface area contributed by atoms with Crippen molar-refractivity contribution < 1.29 is 28.6 Å². The predicted octanol–water partition coefficient (Wildman–Crippen LogP) is 23.6. The molecule has 0 heterocycles. The molecule has 0 bridgehead atoms. The van der Waals surface area contributed by atoms with Gasteiger partial charge in [0.15, 0.2) is 6.10 Å². The van der Waals surface area contributed by atoms with Gasteiger partial charge in [0.2, 0.25) is 0 Å². The van der Waals surface area contributed by atoms with Crippen molar-refractivity contribution in [2.75, 3.05) is 13.2 Å². The number of unbranched alkanes of at least 4 members (excludes halogenated alkanes) is 47. The SMILES string of the molecule is CCCCCCC/C=C\C/C=C\CCCCCCCCCCCCCCCCCC(=O)OCC(COC(=O)CCCCCCCCCCC)OC(=O)CCCCCCCCCCCCC/C=C\CCCCCCCCCC. The number of hydrogen-bond acceptors (Lipinski definition) is 6. The van der Waals surface area contributed by atoms with Crippen molar-refractivity contribution in [3.05, 3.63) is 36.5 Å². The average Bonchev–Trinajstić information content (AvgIpc) is 3.43. The maximum absolute atomic E-state index is 12.9. The Bertz CT molecular complexity index is 1290. The lowest BCUT2D eigenvalue weighted by atomic mass is 10.0. The highest BCUT2D eigenvalue weighted by Crippen LogP contribution is 2.18. The molecule has 0 saturated heterocycles. The fourth-order valence-corrected chi connectivity index (χ4v) is 10.4. The van der Waals surface area contributed by atoms with Gasteiger partial charge in [-0.1, -0.05) is 320 Å². The van der Waals surface area contributed by atoms with Crippen LogP contribution in [-0.2, 0) is 28.6 Å². The zero-order valence-corrected chi connectivity index (χ0v) is 52.0. The standard InChI is InChI=1S/C71H132O6/c1-4-7-10-13-16-19-21-23-25-27-29-31-33-34-35-36-38-39-41-43-45-47-49-52-55-58-61-64-70(73)76-67-68(66-75-69(72)63-60-57-54-51-18-15-12-9-6-3)77-71(74)65-62-59-56-53-50-48-46-44-42-40-37-32-30-28-26-24-22-20-17-14-11-8-5-2/h21,23,27-30,68H,4-20,22,24-26,31-67H2,1-3H3/b23-21-,29-27-,30-28-. The van der Waals surface area contributed by atoms with Crippen LogP contribution in [0.15, 0.2) is 36.5 Å². The first-order valence-corrected chi connectivity index (χ1v) is 34.5. The van der Waals surface area contributed by atoms with E-state index in [1.165, 1.54) is 276 Å². The van der Waals surface area contributed by atoms with Crippen LogP contribution in [-0.4, -0.2) is 37.2 Å². The fourth-order valence-electron chi connectivity index (χ4n) is 10.4. The van der Waals surface area contributed by atoms with Crippen LogP contribution in [0.4, 0.5) is 0 Å². The molecular formula is C71H132O6. The second-order valence-corrected chi connectivity index (χ2v) is 23.4. The van der Waals surface area contributed by atoms with Gasteiger partial charge in [-0.25, -0.2) is 0 Å². The molecule has 0 aliphatic heterocycles. The van der Waals surface area contributed by atoms with Gasteiger partial charge in [0, 0.05) is 19.3 Å². The second kappa shape index (κ2) is 66.1. The highest BCUT2D eigenvalue weighted by atomic mass is 16.6. The highest BCUT2D eigenvalue weighted by molar-refractivity contribution is 5.71. The van der Waals surface area contributed by atoms with Crippen molar-refractivity contribution in [3.63, 3.8) is 0 Å². The Balaban J connectivity index is 4.12. The second-order valence-electron chi connectivity index (χ2n) is 23.4. The van der Waals surface area contributed by atoms with Crippen molar-refractivity contribution in [1.29, 1.82) is 0 Å². The van der Waals surface area contributed by atoms with Crippen LogP contribution in [0.5, 0.6) is 0 Å². The molecule has 0 aromatic rings. The third-order valence-corrected chi connectivity index (χ3v) is 15.6. The van der Waals surface area contributed by atoms with Crippen LogP contribution < -0.4 is 0 Å². The lowest BCUT2D eigenvalue weighted by Crippen LogP contribution is -2.30. The van der Waals surface area contributed by atoms with E-state index in [4.69, 9.17) is 14.2 Å². The maximum atomic E-state index is 12.9. The number of hydrogen-bond donors (Lipinski definition) is 0. The first kappa shape index (κ1) is 74.6. The zero-order chi connectivity index (χ0) is 55.7. The molecule has 6 nitrogen and oxygen atoms in total. The van der Waals surface area contributed by atoms with Crippen molar-refractivity contribution in [2.24, 2.45) is 0 Å². The van der Waals surface area contributed by atoms with Gasteiger partial charge in [-0.3, -0.25) is 14.4 Å². The Kier molecular flexibility index (Phi) is 64.1. The smallest absolute Gasteiger partial charge is 0.306 e. The summed E-state index contributed by atoms with van der Waals surface area (Å²) in [6, 6.07) is 0. The summed E-state index contributed by atoms with van der Waals surface area (Å²) in [4.78, 5) is 38.3. The van der Waals surface area contributed by atoms with Gasteiger partial charge in [0.05, 0.1) is 0 Å². The summed E-state index contributed by atoms with van der Waals surface area (Å²) in [5.41, 5.74) is 0. The van der Waals surface area contributed by atoms with Crippen molar-refractivity contribution in [3.8, 4) is 0 Å². The van der Waals surface area contributed by atoms with Gasteiger partial charge < -0.3 is 14.2 Å². The summed E-state index contributed by atoms with van der Waals surface area (Å²) >= 11 is 0. The summed E-state index contributed by atoms with van der Waals surface area (Å²) in [7, 11) is 0. The summed E-state index contributed by atoms with van der Waals surface area (Å²) < 4.78 is 16.9. The first-order valence-electron chi connectivity index (χ1n) is 34.5. The maximum Gasteiger partial charge on any atom is 0.306 e. The lowest BCUT2D eigenvalue weighted by Gasteiger charge is -2.18. The van der Waals surface area contributed by atoms with Gasteiger partial charge >= 0.3 is 17.9 Å². The van der Waals surface area contributed by atoms with Gasteiger partial charge in [-0.05, 0) is 77.0 Å². The molecule has 6 heteroatoms. The molecule has 0 amide bonds. The first-order chi connectivity index (χ1) is 38.0. The third-order valence-electron chi connectivity index (χ3n) is 15.6. The van der Waals surface area contributed by atoms with Gasteiger partial charge in [-0.15, -0.1) is 0 Å². The lowest BCUT2D eigenvalue weighted by molar-refractivity contribution is -0.167. The molecule has 77 heavy (non-hydrogen) atoms. The molecule has 0 rings (SSSR count). The molecule has 0 aromatic heterocycles. The van der Waals surface area contributed by atoms with Crippen LogP contribution in [0, 0.1) is 0 Å². The molecule has 0 aromatic carbocycles. The van der Waals surface area contributed by atoms with E-state index in [0.717, 1.165) is 64.2 Å². The molecule has 0 N–H and O–H groups in total. The van der Waals surface area contributed by atoms with Gasteiger partial charge in [0.25, 0.3) is 0 Å². The zero-order valence-electron chi connectivity index (χ0n) is 52.0. The number of ether oxygens (including phenoxy) is 3. The van der Waals surface area contributed by atoms with Crippen LogP contribution in [0.3, 0.4) is 0 Å². The topological polar surface area (TPSA) is 78.9 Å². The molecule has 0 radical (unpaired) electrons. The normalized spacial score (nSPS) is 12.2. The Labute approximate surface area is 480 Å². The number of carbonyl (C=O) groups is 3. The summed E-state index contributed by atoms with van der Waals surface area (Å²) in [5, 5.41) is 0. The Hall–Kier alpha value is -2.37. The molecule has 0 spiro atoms. The Morgan fingerprint density at radius 2 is 0.468 bits per heavy atom. The van der Waals surface area contributed by atoms with Crippen molar-refractivity contribution in [1.82, 2.24) is 0 Å². The van der Waals surface area contributed by atoms with Crippen LogP contribution in [0.25, 0.3) is 0 Å². The molecular weight excluding hydrogens is 949 g/mol. The minimum atomic E-state index is -0.769. The molecule has 0 saturated carbocycles. The van der Waals surface area contributed by atoms with Crippen molar-refractivity contribution in [2.45, 2.75) is 386 Å². The average molecular weight is 1080 g/mol. The molecule has 0 aliphatic rings. The molecule has 1 unspecified atom stereocenters. The summed E-state index contributed by atoms with van der Waals surface area (Å²) in [5.74, 6) is -0.846. The van der Waals surface area contributed by atoms with E-state index in [0.29, 0.717) is 19.3 Å². The Morgan fingerprint density at radius 3 is 0.727 bits per heavy atom. The van der Waals surface area contributed by atoms with Crippen molar-refractivity contribution >= 4 is 17.9 Å². The summed E-state index contributed by atoms with van der Waals surface area (Å²) in [6.45, 7) is 6.67.